The molecule has 0 aliphatic heterocycles. The summed E-state index contributed by atoms with van der Waals surface area (Å²) in [6, 6.07) is 0. The second-order valence-electron chi connectivity index (χ2n) is 16.4. The number of unbranched alkanes of at least 4 members (excludes halogenated alkanes) is 25. The molecule has 6 heteroatoms. The van der Waals surface area contributed by atoms with Gasteiger partial charge in [0.15, 0.2) is 6.10 Å². The van der Waals surface area contributed by atoms with E-state index in [-0.39, 0.29) is 37.5 Å². The highest BCUT2D eigenvalue weighted by atomic mass is 16.6. The summed E-state index contributed by atoms with van der Waals surface area (Å²) in [6.45, 7) is 6.55. The number of rotatable bonds is 44. The van der Waals surface area contributed by atoms with E-state index in [4.69, 9.17) is 14.2 Å². The van der Waals surface area contributed by atoms with Crippen molar-refractivity contribution in [2.45, 2.75) is 252 Å². The van der Waals surface area contributed by atoms with Crippen LogP contribution >= 0.6 is 0 Å². The molecule has 1 unspecified atom stereocenters. The van der Waals surface area contributed by atoms with Crippen molar-refractivity contribution in [2.24, 2.45) is 0 Å². The number of ether oxygens (including phenoxy) is 3. The molecule has 336 valence electrons. The zero-order valence-electron chi connectivity index (χ0n) is 38.3. The van der Waals surface area contributed by atoms with Crippen molar-refractivity contribution >= 4 is 17.9 Å². The molecule has 0 rings (SSSR count). The first-order valence-electron chi connectivity index (χ1n) is 24.6. The Labute approximate surface area is 358 Å². The van der Waals surface area contributed by atoms with Gasteiger partial charge in [-0.15, -0.1) is 0 Å². The zero-order chi connectivity index (χ0) is 42.3. The first kappa shape index (κ1) is 55.4. The number of hydrogen-bond donors (Lipinski definition) is 0. The van der Waals surface area contributed by atoms with E-state index in [1.54, 1.807) is 0 Å². The standard InChI is InChI=1S/C52H92O6/c1-4-7-10-13-16-19-21-23-25-26-27-29-30-33-36-39-42-45-51(54)57-48-49(47-56-50(53)44-41-38-35-32-18-15-12-9-6-3)58-52(55)46-43-40-37-34-31-28-24-22-20-17-14-11-8-5-2/h16,19,23,25,27,29,33,36,49H,4-15,17-18,20-22,24,26,28,30-32,34-35,37-48H2,1-3H3/b19-16-,25-23-,29-27-,36-33-. The number of hydrogen-bond acceptors (Lipinski definition) is 6. The molecule has 0 N–H and O–H groups in total. The van der Waals surface area contributed by atoms with Crippen molar-refractivity contribution in [3.05, 3.63) is 48.6 Å². The van der Waals surface area contributed by atoms with Gasteiger partial charge in [0.1, 0.15) is 13.2 Å². The van der Waals surface area contributed by atoms with E-state index in [1.807, 2.05) is 0 Å². The molecule has 0 aliphatic rings. The number of allylic oxidation sites excluding steroid dienone is 8. The van der Waals surface area contributed by atoms with E-state index in [9.17, 15) is 14.4 Å². The maximum Gasteiger partial charge on any atom is 0.306 e. The van der Waals surface area contributed by atoms with Gasteiger partial charge in [-0.25, -0.2) is 0 Å². The normalized spacial score (nSPS) is 12.4. The highest BCUT2D eigenvalue weighted by molar-refractivity contribution is 5.71. The van der Waals surface area contributed by atoms with Crippen molar-refractivity contribution in [3.8, 4) is 0 Å². The van der Waals surface area contributed by atoms with Crippen LogP contribution in [0.4, 0.5) is 0 Å². The molecule has 0 bridgehead atoms. The van der Waals surface area contributed by atoms with Crippen LogP contribution in [0.25, 0.3) is 0 Å². The molecule has 58 heavy (non-hydrogen) atoms. The molecule has 0 saturated carbocycles. The minimum absolute atomic E-state index is 0.0871. The Morgan fingerprint density at radius 1 is 0.345 bits per heavy atom. The monoisotopic (exact) mass is 813 g/mol. The second kappa shape index (κ2) is 47.1. The Hall–Kier alpha value is -2.63. The fourth-order valence-electron chi connectivity index (χ4n) is 6.85. The smallest absolute Gasteiger partial charge is 0.306 e. The van der Waals surface area contributed by atoms with Gasteiger partial charge in [-0.2, -0.15) is 0 Å². The van der Waals surface area contributed by atoms with Gasteiger partial charge in [0.05, 0.1) is 0 Å². The quantitative estimate of drug-likeness (QED) is 0.0264. The van der Waals surface area contributed by atoms with E-state index < -0.39 is 6.10 Å². The van der Waals surface area contributed by atoms with Gasteiger partial charge in [0, 0.05) is 19.3 Å². The maximum absolute atomic E-state index is 12.7. The number of carbonyl (C=O) groups is 3. The molecule has 0 radical (unpaired) electrons. The minimum Gasteiger partial charge on any atom is -0.462 e. The molecule has 0 aromatic heterocycles. The maximum atomic E-state index is 12.7. The third-order valence-corrected chi connectivity index (χ3v) is 10.6. The minimum atomic E-state index is -0.788. The van der Waals surface area contributed by atoms with Crippen molar-refractivity contribution in [1.29, 1.82) is 0 Å². The molecule has 0 amide bonds. The van der Waals surface area contributed by atoms with Crippen LogP contribution in [-0.4, -0.2) is 37.2 Å². The highest BCUT2D eigenvalue weighted by Crippen LogP contribution is 2.15. The first-order valence-corrected chi connectivity index (χ1v) is 24.6. The third kappa shape index (κ3) is 44.5. The summed E-state index contributed by atoms with van der Waals surface area (Å²) >= 11 is 0. The van der Waals surface area contributed by atoms with Gasteiger partial charge < -0.3 is 14.2 Å². The van der Waals surface area contributed by atoms with E-state index in [0.717, 1.165) is 64.2 Å². The third-order valence-electron chi connectivity index (χ3n) is 10.6. The Bertz CT molecular complexity index is 1030. The average molecular weight is 813 g/mol. The van der Waals surface area contributed by atoms with Gasteiger partial charge in [-0.1, -0.05) is 217 Å². The van der Waals surface area contributed by atoms with Crippen LogP contribution in [0, 0.1) is 0 Å². The average Bonchev–Trinajstić information content (AvgIpc) is 3.22. The summed E-state index contributed by atoms with van der Waals surface area (Å²) in [4.78, 5) is 37.8. The highest BCUT2D eigenvalue weighted by Gasteiger charge is 2.19. The lowest BCUT2D eigenvalue weighted by Gasteiger charge is -2.18. The molecule has 0 aliphatic carbocycles. The van der Waals surface area contributed by atoms with E-state index >= 15 is 0 Å². The SMILES string of the molecule is CCCCC/C=C\C/C=C\C/C=C\C/C=C\CCCC(=O)OCC(COC(=O)CCCCCCCCCCC)OC(=O)CCCCCCCCCCCCCCCC. The predicted molar refractivity (Wildman–Crippen MR) is 247 cm³/mol. The van der Waals surface area contributed by atoms with Crippen LogP contribution < -0.4 is 0 Å². The zero-order valence-corrected chi connectivity index (χ0v) is 38.3. The molecule has 0 aromatic rings. The van der Waals surface area contributed by atoms with Crippen LogP contribution in [0.1, 0.15) is 245 Å². The summed E-state index contributed by atoms with van der Waals surface area (Å²) in [5, 5.41) is 0. The summed E-state index contributed by atoms with van der Waals surface area (Å²) < 4.78 is 16.7. The first-order chi connectivity index (χ1) is 28.5. The molecule has 0 saturated heterocycles. The topological polar surface area (TPSA) is 78.9 Å². The van der Waals surface area contributed by atoms with Gasteiger partial charge in [0.2, 0.25) is 0 Å². The summed E-state index contributed by atoms with van der Waals surface area (Å²) in [5.41, 5.74) is 0. The molecule has 0 spiro atoms. The lowest BCUT2D eigenvalue weighted by Crippen LogP contribution is -2.30. The summed E-state index contributed by atoms with van der Waals surface area (Å²) in [6.07, 6.45) is 55.3. The van der Waals surface area contributed by atoms with Crippen LogP contribution in [0.15, 0.2) is 48.6 Å². The fraction of sp³-hybridized carbons (Fsp3) is 0.788. The Morgan fingerprint density at radius 3 is 1.03 bits per heavy atom. The lowest BCUT2D eigenvalue weighted by molar-refractivity contribution is -0.167. The van der Waals surface area contributed by atoms with E-state index in [2.05, 4.69) is 69.4 Å². The molecule has 0 aromatic carbocycles. The van der Waals surface area contributed by atoms with Crippen LogP contribution in [0.3, 0.4) is 0 Å². The molecule has 6 nitrogen and oxygen atoms in total. The summed E-state index contributed by atoms with van der Waals surface area (Å²) in [7, 11) is 0. The number of esters is 3. The molecular weight excluding hydrogens is 721 g/mol. The van der Waals surface area contributed by atoms with Gasteiger partial charge in [-0.05, 0) is 57.8 Å². The number of carbonyl (C=O) groups excluding carboxylic acids is 3. The lowest BCUT2D eigenvalue weighted by atomic mass is 10.0. The molecule has 0 heterocycles. The second-order valence-corrected chi connectivity index (χ2v) is 16.4. The van der Waals surface area contributed by atoms with Crippen molar-refractivity contribution in [1.82, 2.24) is 0 Å². The Morgan fingerprint density at radius 2 is 0.638 bits per heavy atom. The molecule has 1 atom stereocenters. The Kier molecular flexibility index (Phi) is 44.9. The van der Waals surface area contributed by atoms with Crippen molar-refractivity contribution in [3.63, 3.8) is 0 Å². The largest absolute Gasteiger partial charge is 0.462 e. The van der Waals surface area contributed by atoms with Crippen molar-refractivity contribution in [2.75, 3.05) is 13.2 Å². The molecule has 0 fully saturated rings. The van der Waals surface area contributed by atoms with Crippen LogP contribution in [0.2, 0.25) is 0 Å². The van der Waals surface area contributed by atoms with Crippen molar-refractivity contribution < 1.29 is 28.6 Å². The predicted octanol–water partition coefficient (Wildman–Crippen LogP) is 15.9. The van der Waals surface area contributed by atoms with E-state index in [1.165, 1.54) is 135 Å². The van der Waals surface area contributed by atoms with Crippen LogP contribution in [-0.2, 0) is 28.6 Å². The Balaban J connectivity index is 4.41. The fourth-order valence-corrected chi connectivity index (χ4v) is 6.85. The molecular formula is C52H92O6. The van der Waals surface area contributed by atoms with Gasteiger partial charge >= 0.3 is 17.9 Å². The van der Waals surface area contributed by atoms with Gasteiger partial charge in [-0.3, -0.25) is 14.4 Å². The van der Waals surface area contributed by atoms with Crippen LogP contribution in [0.5, 0.6) is 0 Å². The summed E-state index contributed by atoms with van der Waals surface area (Å²) in [5.74, 6) is -0.943. The van der Waals surface area contributed by atoms with E-state index in [0.29, 0.717) is 19.3 Å². The van der Waals surface area contributed by atoms with Gasteiger partial charge in [0.25, 0.3) is 0 Å².